The minimum atomic E-state index is -0.782. The molecule has 0 aromatic heterocycles. The number of hydrogen-bond donors (Lipinski definition) is 2. The number of aliphatic carboxylic acids is 1. The van der Waals surface area contributed by atoms with E-state index in [0.717, 1.165) is 12.8 Å². The quantitative estimate of drug-likeness (QED) is 0.754. The van der Waals surface area contributed by atoms with Gasteiger partial charge in [-0.25, -0.2) is 0 Å². The smallest absolute Gasteiger partial charge is 0.306 e. The first-order valence-electron chi connectivity index (χ1n) is 6.66. The van der Waals surface area contributed by atoms with Gasteiger partial charge < -0.3 is 15.2 Å². The Hall–Kier alpha value is -1.10. The Morgan fingerprint density at radius 3 is 2.67 bits per heavy atom. The summed E-state index contributed by atoms with van der Waals surface area (Å²) in [4.78, 5) is 22.8. The summed E-state index contributed by atoms with van der Waals surface area (Å²) >= 11 is 0. The minimum Gasteiger partial charge on any atom is -0.481 e. The molecule has 0 aromatic carbocycles. The van der Waals surface area contributed by atoms with Crippen molar-refractivity contribution in [3.8, 4) is 0 Å². The highest BCUT2D eigenvalue weighted by Crippen LogP contribution is 2.29. The lowest BCUT2D eigenvalue weighted by Crippen LogP contribution is -2.39. The number of carboxylic acids is 1. The van der Waals surface area contributed by atoms with Crippen LogP contribution < -0.4 is 5.32 Å². The van der Waals surface area contributed by atoms with Crippen molar-refractivity contribution in [1.82, 2.24) is 5.32 Å². The summed E-state index contributed by atoms with van der Waals surface area (Å²) in [5.74, 6) is -1.34. The van der Waals surface area contributed by atoms with Gasteiger partial charge in [-0.15, -0.1) is 0 Å². The van der Waals surface area contributed by atoms with Crippen LogP contribution in [-0.2, 0) is 14.3 Å². The molecule has 5 heteroatoms. The van der Waals surface area contributed by atoms with E-state index in [-0.39, 0.29) is 23.8 Å². The largest absolute Gasteiger partial charge is 0.481 e. The molecule has 1 aliphatic carbocycles. The van der Waals surface area contributed by atoms with Gasteiger partial charge in [-0.1, -0.05) is 6.42 Å². The Kier molecular flexibility index (Phi) is 6.12. The van der Waals surface area contributed by atoms with Crippen molar-refractivity contribution in [3.05, 3.63) is 0 Å². The molecule has 104 valence electrons. The average Bonchev–Trinajstić information content (AvgIpc) is 2.36. The van der Waals surface area contributed by atoms with Crippen LogP contribution in [0.25, 0.3) is 0 Å². The third-order valence-corrected chi connectivity index (χ3v) is 3.41. The lowest BCUT2D eigenvalue weighted by molar-refractivity contribution is -0.144. The zero-order valence-corrected chi connectivity index (χ0v) is 11.1. The van der Waals surface area contributed by atoms with Crippen LogP contribution in [0.3, 0.4) is 0 Å². The van der Waals surface area contributed by atoms with Gasteiger partial charge in [0.25, 0.3) is 0 Å². The topological polar surface area (TPSA) is 75.6 Å². The van der Waals surface area contributed by atoms with Crippen molar-refractivity contribution >= 4 is 11.9 Å². The highest BCUT2D eigenvalue weighted by molar-refractivity contribution is 5.80. The van der Waals surface area contributed by atoms with E-state index in [1.165, 1.54) is 0 Å². The molecule has 1 amide bonds. The number of carbonyl (C=O) groups is 2. The van der Waals surface area contributed by atoms with Gasteiger partial charge in [0, 0.05) is 19.1 Å². The predicted octanol–water partition coefficient (Wildman–Crippen LogP) is 1.42. The summed E-state index contributed by atoms with van der Waals surface area (Å²) in [5, 5.41) is 11.8. The molecule has 2 N–H and O–H groups in total. The van der Waals surface area contributed by atoms with Crippen LogP contribution in [0.5, 0.6) is 0 Å². The molecule has 1 aliphatic rings. The molecule has 3 atom stereocenters. The second-order valence-electron chi connectivity index (χ2n) is 4.91. The standard InChI is InChI=1S/C13H23NO4/c1-3-18-9(2)8-14-12(15)10-5-4-6-11(7-10)13(16)17/h9-11H,3-8H2,1-2H3,(H,14,15)(H,16,17). The van der Waals surface area contributed by atoms with E-state index < -0.39 is 5.97 Å². The van der Waals surface area contributed by atoms with Crippen LogP contribution >= 0.6 is 0 Å². The maximum atomic E-state index is 11.9. The summed E-state index contributed by atoms with van der Waals surface area (Å²) < 4.78 is 5.33. The van der Waals surface area contributed by atoms with Crippen LogP contribution in [-0.4, -0.2) is 36.2 Å². The average molecular weight is 257 g/mol. The van der Waals surface area contributed by atoms with Crippen molar-refractivity contribution in [3.63, 3.8) is 0 Å². The minimum absolute atomic E-state index is 0.00203. The molecule has 0 saturated heterocycles. The van der Waals surface area contributed by atoms with E-state index in [1.807, 2.05) is 13.8 Å². The van der Waals surface area contributed by atoms with Gasteiger partial charge >= 0.3 is 5.97 Å². The molecule has 0 bridgehead atoms. The van der Waals surface area contributed by atoms with E-state index in [9.17, 15) is 9.59 Å². The number of carboxylic acid groups (broad SMARTS) is 1. The molecule has 0 heterocycles. The van der Waals surface area contributed by atoms with E-state index >= 15 is 0 Å². The van der Waals surface area contributed by atoms with Crippen molar-refractivity contribution in [2.75, 3.05) is 13.2 Å². The van der Waals surface area contributed by atoms with Gasteiger partial charge in [-0.2, -0.15) is 0 Å². The van der Waals surface area contributed by atoms with Gasteiger partial charge in [0.15, 0.2) is 0 Å². The number of nitrogens with one attached hydrogen (secondary N) is 1. The lowest BCUT2D eigenvalue weighted by atomic mass is 9.81. The van der Waals surface area contributed by atoms with Crippen molar-refractivity contribution < 1.29 is 19.4 Å². The monoisotopic (exact) mass is 257 g/mol. The van der Waals surface area contributed by atoms with E-state index in [0.29, 0.717) is 26.0 Å². The van der Waals surface area contributed by atoms with Gasteiger partial charge in [-0.05, 0) is 33.1 Å². The molecule has 1 fully saturated rings. The number of carbonyl (C=O) groups excluding carboxylic acids is 1. The summed E-state index contributed by atoms with van der Waals surface area (Å²) in [5.41, 5.74) is 0. The molecular formula is C13H23NO4. The normalized spacial score (nSPS) is 25.4. The summed E-state index contributed by atoms with van der Waals surface area (Å²) in [6, 6.07) is 0. The van der Waals surface area contributed by atoms with Crippen LogP contribution in [0, 0.1) is 11.8 Å². The summed E-state index contributed by atoms with van der Waals surface area (Å²) in [6.07, 6.45) is 2.76. The molecule has 18 heavy (non-hydrogen) atoms. The molecule has 1 rings (SSSR count). The number of amides is 1. The maximum absolute atomic E-state index is 11.9. The molecule has 3 unspecified atom stereocenters. The van der Waals surface area contributed by atoms with Crippen molar-refractivity contribution in [2.24, 2.45) is 11.8 Å². The van der Waals surface area contributed by atoms with Crippen molar-refractivity contribution in [2.45, 2.75) is 45.6 Å². The zero-order chi connectivity index (χ0) is 13.5. The Morgan fingerprint density at radius 1 is 1.39 bits per heavy atom. The van der Waals surface area contributed by atoms with Gasteiger partial charge in [-0.3, -0.25) is 9.59 Å². The second kappa shape index (κ2) is 7.36. The number of hydrogen-bond acceptors (Lipinski definition) is 3. The highest BCUT2D eigenvalue weighted by atomic mass is 16.5. The first kappa shape index (κ1) is 15.0. The third kappa shape index (κ3) is 4.64. The maximum Gasteiger partial charge on any atom is 0.306 e. The first-order chi connectivity index (χ1) is 8.54. The summed E-state index contributed by atoms with van der Waals surface area (Å²) in [6.45, 7) is 4.93. The molecule has 0 aromatic rings. The second-order valence-corrected chi connectivity index (χ2v) is 4.91. The predicted molar refractivity (Wildman–Crippen MR) is 67.2 cm³/mol. The fourth-order valence-electron chi connectivity index (χ4n) is 2.38. The molecule has 0 spiro atoms. The van der Waals surface area contributed by atoms with Gasteiger partial charge in [0.2, 0.25) is 5.91 Å². The van der Waals surface area contributed by atoms with Crippen molar-refractivity contribution in [1.29, 1.82) is 0 Å². The van der Waals surface area contributed by atoms with Gasteiger partial charge in [0.1, 0.15) is 0 Å². The molecular weight excluding hydrogens is 234 g/mol. The SMILES string of the molecule is CCOC(C)CNC(=O)C1CCCC(C(=O)O)C1. The van der Waals surface area contributed by atoms with Crippen LogP contribution in [0.15, 0.2) is 0 Å². The Balaban J connectivity index is 2.34. The fourth-order valence-corrected chi connectivity index (χ4v) is 2.38. The Morgan fingerprint density at radius 2 is 2.06 bits per heavy atom. The first-order valence-corrected chi connectivity index (χ1v) is 6.66. The lowest BCUT2D eigenvalue weighted by Gasteiger charge is -2.26. The molecule has 5 nitrogen and oxygen atoms in total. The Bertz CT molecular complexity index is 293. The van der Waals surface area contributed by atoms with E-state index in [4.69, 9.17) is 9.84 Å². The number of ether oxygens (including phenoxy) is 1. The Labute approximate surface area is 108 Å². The fraction of sp³-hybridized carbons (Fsp3) is 0.846. The number of rotatable bonds is 6. The molecule has 0 aliphatic heterocycles. The summed E-state index contributed by atoms with van der Waals surface area (Å²) in [7, 11) is 0. The van der Waals surface area contributed by atoms with Crippen LogP contribution in [0.2, 0.25) is 0 Å². The van der Waals surface area contributed by atoms with Crippen LogP contribution in [0.1, 0.15) is 39.5 Å². The molecule has 1 saturated carbocycles. The van der Waals surface area contributed by atoms with Crippen LogP contribution in [0.4, 0.5) is 0 Å². The third-order valence-electron chi connectivity index (χ3n) is 3.41. The van der Waals surface area contributed by atoms with E-state index in [1.54, 1.807) is 0 Å². The van der Waals surface area contributed by atoms with Gasteiger partial charge in [0.05, 0.1) is 12.0 Å². The zero-order valence-electron chi connectivity index (χ0n) is 11.1. The highest BCUT2D eigenvalue weighted by Gasteiger charge is 2.30. The molecule has 0 radical (unpaired) electrons. The van der Waals surface area contributed by atoms with E-state index in [2.05, 4.69) is 5.32 Å².